The predicted molar refractivity (Wildman–Crippen MR) is 227 cm³/mol. The molecule has 0 unspecified atom stereocenters. The Labute approximate surface area is 329 Å². The van der Waals surface area contributed by atoms with Gasteiger partial charge in [-0.2, -0.15) is 0 Å². The lowest BCUT2D eigenvalue weighted by Gasteiger charge is -2.26. The van der Waals surface area contributed by atoms with Crippen LogP contribution in [0.3, 0.4) is 0 Å². The molecule has 7 rings (SSSR count). The number of methoxy groups -OCH3 is 4. The van der Waals surface area contributed by atoms with Crippen molar-refractivity contribution in [2.45, 2.75) is 0 Å². The standard InChI is InChI=1S/C50H40N2O4/c1-53-47-27-19-41(20-28-47)51(42-21-29-48(54-2)30-22-42)45-13-7-9-37(35-45)15-17-39-11-5-6-12-40(39)18-16-38-10-8-14-46(36-38)52(43-23-31-49(55-3)32-24-43)44-25-33-50(56-4)34-26-44/h5-14,19-36H,1-4H3. The van der Waals surface area contributed by atoms with Crippen molar-refractivity contribution >= 4 is 34.1 Å². The second-order valence-corrected chi connectivity index (χ2v) is 12.6. The normalized spacial score (nSPS) is 10.2. The molecule has 7 aromatic carbocycles. The number of benzene rings is 7. The first-order chi connectivity index (χ1) is 27.5. The van der Waals surface area contributed by atoms with E-state index in [0.717, 1.165) is 79.4 Å². The Hall–Kier alpha value is -7.54. The summed E-state index contributed by atoms with van der Waals surface area (Å²) in [5.74, 6) is 16.8. The van der Waals surface area contributed by atoms with Crippen LogP contribution in [0.15, 0.2) is 170 Å². The minimum atomic E-state index is 0.793. The quantitative estimate of drug-likeness (QED) is 0.130. The molecule has 6 nitrogen and oxygen atoms in total. The summed E-state index contributed by atoms with van der Waals surface area (Å²) in [7, 11) is 6.68. The molecule has 0 radical (unpaired) electrons. The average Bonchev–Trinajstić information content (AvgIpc) is 3.26. The maximum Gasteiger partial charge on any atom is 0.119 e. The first-order valence-electron chi connectivity index (χ1n) is 18.0. The number of rotatable bonds is 10. The summed E-state index contributed by atoms with van der Waals surface area (Å²) >= 11 is 0. The molecule has 0 saturated heterocycles. The fourth-order valence-corrected chi connectivity index (χ4v) is 6.25. The molecule has 0 atom stereocenters. The van der Waals surface area contributed by atoms with Crippen LogP contribution in [0, 0.1) is 23.7 Å². The third-order valence-corrected chi connectivity index (χ3v) is 9.14. The molecular weight excluding hydrogens is 693 g/mol. The van der Waals surface area contributed by atoms with Crippen LogP contribution in [0.2, 0.25) is 0 Å². The molecule has 6 heteroatoms. The number of hydrogen-bond acceptors (Lipinski definition) is 6. The minimum absolute atomic E-state index is 0.793. The Morgan fingerprint density at radius 2 is 0.607 bits per heavy atom. The molecule has 0 bridgehead atoms. The Balaban J connectivity index is 1.19. The van der Waals surface area contributed by atoms with Gasteiger partial charge in [0.2, 0.25) is 0 Å². The summed E-state index contributed by atoms with van der Waals surface area (Å²) in [4.78, 5) is 4.37. The fraction of sp³-hybridized carbons (Fsp3) is 0.0800. The van der Waals surface area contributed by atoms with Gasteiger partial charge in [0.25, 0.3) is 0 Å². The molecule has 0 fully saturated rings. The van der Waals surface area contributed by atoms with Gasteiger partial charge in [0.1, 0.15) is 23.0 Å². The van der Waals surface area contributed by atoms with E-state index in [9.17, 15) is 0 Å². The van der Waals surface area contributed by atoms with Crippen LogP contribution in [0.5, 0.6) is 23.0 Å². The Kier molecular flexibility index (Phi) is 11.5. The Bertz CT molecular complexity index is 2250. The lowest BCUT2D eigenvalue weighted by molar-refractivity contribution is 0.414. The van der Waals surface area contributed by atoms with Gasteiger partial charge in [0.15, 0.2) is 0 Å². The van der Waals surface area contributed by atoms with Crippen molar-refractivity contribution in [1.29, 1.82) is 0 Å². The van der Waals surface area contributed by atoms with E-state index in [0.29, 0.717) is 0 Å². The van der Waals surface area contributed by atoms with Gasteiger partial charge in [-0.05, 0) is 146 Å². The van der Waals surface area contributed by atoms with Crippen LogP contribution in [0.25, 0.3) is 0 Å². The third kappa shape index (κ3) is 8.63. The summed E-state index contributed by atoms with van der Waals surface area (Å²) in [6.07, 6.45) is 0. The SMILES string of the molecule is COc1ccc(N(c2ccc(OC)cc2)c2cccc(C#Cc3ccccc3C#Cc3cccc(N(c4ccc(OC)cc4)c4ccc(OC)cc4)c3)c2)cc1. The molecular formula is C50H40N2O4. The van der Waals surface area contributed by atoms with E-state index in [2.05, 4.69) is 57.7 Å². The summed E-state index contributed by atoms with van der Waals surface area (Å²) < 4.78 is 21.7. The zero-order valence-corrected chi connectivity index (χ0v) is 31.7. The van der Waals surface area contributed by atoms with Crippen molar-refractivity contribution in [1.82, 2.24) is 0 Å². The number of anilines is 6. The van der Waals surface area contributed by atoms with Gasteiger partial charge in [-0.15, -0.1) is 0 Å². The molecule has 0 aromatic heterocycles. The van der Waals surface area contributed by atoms with Gasteiger partial charge in [-0.1, -0.05) is 47.9 Å². The van der Waals surface area contributed by atoms with Crippen molar-refractivity contribution < 1.29 is 18.9 Å². The van der Waals surface area contributed by atoms with Crippen molar-refractivity contribution in [2.75, 3.05) is 38.2 Å². The third-order valence-electron chi connectivity index (χ3n) is 9.14. The molecule has 7 aromatic rings. The zero-order chi connectivity index (χ0) is 38.7. The molecule has 0 heterocycles. The van der Waals surface area contributed by atoms with Gasteiger partial charge in [0, 0.05) is 56.4 Å². The molecule has 274 valence electrons. The Morgan fingerprint density at radius 3 is 0.893 bits per heavy atom. The van der Waals surface area contributed by atoms with Gasteiger partial charge < -0.3 is 28.7 Å². The van der Waals surface area contributed by atoms with Crippen molar-refractivity contribution in [3.63, 3.8) is 0 Å². The van der Waals surface area contributed by atoms with Crippen LogP contribution in [0.1, 0.15) is 22.3 Å². The number of nitrogens with zero attached hydrogens (tertiary/aromatic N) is 2. The van der Waals surface area contributed by atoms with Gasteiger partial charge >= 0.3 is 0 Å². The second kappa shape index (κ2) is 17.5. The highest BCUT2D eigenvalue weighted by molar-refractivity contribution is 5.79. The van der Waals surface area contributed by atoms with Crippen LogP contribution < -0.4 is 28.7 Å². The second-order valence-electron chi connectivity index (χ2n) is 12.6. The van der Waals surface area contributed by atoms with Crippen LogP contribution in [-0.2, 0) is 0 Å². The lowest BCUT2D eigenvalue weighted by atomic mass is 10.1. The molecule has 0 aliphatic carbocycles. The van der Waals surface area contributed by atoms with E-state index in [4.69, 9.17) is 18.9 Å². The highest BCUT2D eigenvalue weighted by Gasteiger charge is 2.15. The van der Waals surface area contributed by atoms with E-state index in [1.165, 1.54) is 0 Å². The van der Waals surface area contributed by atoms with Crippen molar-refractivity contribution in [3.8, 4) is 46.7 Å². The summed E-state index contributed by atoms with van der Waals surface area (Å²) in [6.45, 7) is 0. The lowest BCUT2D eigenvalue weighted by Crippen LogP contribution is -2.10. The molecule has 0 N–H and O–H groups in total. The first kappa shape index (κ1) is 36.8. The monoisotopic (exact) mass is 732 g/mol. The highest BCUT2D eigenvalue weighted by atomic mass is 16.5. The smallest absolute Gasteiger partial charge is 0.119 e. The molecule has 0 spiro atoms. The highest BCUT2D eigenvalue weighted by Crippen LogP contribution is 2.38. The summed E-state index contributed by atoms with van der Waals surface area (Å²) in [5, 5.41) is 0. The maximum atomic E-state index is 5.42. The number of hydrogen-bond donors (Lipinski definition) is 0. The van der Waals surface area contributed by atoms with Crippen LogP contribution >= 0.6 is 0 Å². The van der Waals surface area contributed by atoms with Gasteiger partial charge in [-0.25, -0.2) is 0 Å². The van der Waals surface area contributed by atoms with Gasteiger partial charge in [0.05, 0.1) is 28.4 Å². The fourth-order valence-electron chi connectivity index (χ4n) is 6.25. The largest absolute Gasteiger partial charge is 0.497 e. The maximum absolute atomic E-state index is 5.42. The molecule has 0 amide bonds. The first-order valence-corrected chi connectivity index (χ1v) is 18.0. The minimum Gasteiger partial charge on any atom is -0.497 e. The van der Waals surface area contributed by atoms with Crippen LogP contribution in [-0.4, -0.2) is 28.4 Å². The summed E-state index contributed by atoms with van der Waals surface area (Å²) in [5.41, 5.74) is 9.34. The summed E-state index contributed by atoms with van der Waals surface area (Å²) in [6, 6.07) is 56.5. The zero-order valence-electron chi connectivity index (χ0n) is 31.7. The molecule has 0 aliphatic rings. The Morgan fingerprint density at radius 1 is 0.304 bits per heavy atom. The van der Waals surface area contributed by atoms with E-state index in [1.54, 1.807) is 28.4 Å². The van der Waals surface area contributed by atoms with E-state index >= 15 is 0 Å². The molecule has 0 aliphatic heterocycles. The van der Waals surface area contributed by atoms with Crippen molar-refractivity contribution in [3.05, 3.63) is 192 Å². The van der Waals surface area contributed by atoms with Crippen molar-refractivity contribution in [2.24, 2.45) is 0 Å². The van der Waals surface area contributed by atoms with E-state index < -0.39 is 0 Å². The topological polar surface area (TPSA) is 43.4 Å². The predicted octanol–water partition coefficient (Wildman–Crippen LogP) is 11.5. The van der Waals surface area contributed by atoms with Crippen LogP contribution in [0.4, 0.5) is 34.1 Å². The molecule has 0 saturated carbocycles. The number of ether oxygens (including phenoxy) is 4. The van der Waals surface area contributed by atoms with E-state index in [1.807, 2.05) is 146 Å². The van der Waals surface area contributed by atoms with Gasteiger partial charge in [-0.3, -0.25) is 0 Å². The van der Waals surface area contributed by atoms with E-state index in [-0.39, 0.29) is 0 Å². The molecule has 56 heavy (non-hydrogen) atoms. The average molecular weight is 733 g/mol.